The van der Waals surface area contributed by atoms with Gasteiger partial charge in [0, 0.05) is 25.2 Å². The first-order valence-electron chi connectivity index (χ1n) is 4.72. The number of nitrogens with one attached hydrogen (secondary N) is 1. The standard InChI is InChI=1S/C9H18N2O2S/c1-4-6-11-9(2,3)8-10-5-7-14(11,12)13/h4,10H,1,5-8H2,2-3H3. The van der Waals surface area contributed by atoms with Crippen molar-refractivity contribution < 1.29 is 8.42 Å². The van der Waals surface area contributed by atoms with Crippen LogP contribution in [0.4, 0.5) is 0 Å². The Bertz CT molecular complexity index is 309. The van der Waals surface area contributed by atoms with Crippen LogP contribution in [0, 0.1) is 0 Å². The molecule has 1 aliphatic heterocycles. The van der Waals surface area contributed by atoms with Crippen molar-refractivity contribution in [3.63, 3.8) is 0 Å². The van der Waals surface area contributed by atoms with Crippen LogP contribution in [0.1, 0.15) is 13.8 Å². The monoisotopic (exact) mass is 218 g/mol. The molecular weight excluding hydrogens is 200 g/mol. The highest BCUT2D eigenvalue weighted by atomic mass is 32.2. The van der Waals surface area contributed by atoms with E-state index in [-0.39, 0.29) is 11.3 Å². The Morgan fingerprint density at radius 1 is 1.57 bits per heavy atom. The minimum absolute atomic E-state index is 0.171. The van der Waals surface area contributed by atoms with Crippen LogP contribution in [0.3, 0.4) is 0 Å². The van der Waals surface area contributed by atoms with Gasteiger partial charge in [0.15, 0.2) is 0 Å². The van der Waals surface area contributed by atoms with E-state index in [4.69, 9.17) is 0 Å². The lowest BCUT2D eigenvalue weighted by Gasteiger charge is -2.34. The quantitative estimate of drug-likeness (QED) is 0.673. The van der Waals surface area contributed by atoms with Crippen LogP contribution in [0.25, 0.3) is 0 Å². The zero-order chi connectivity index (χ0) is 10.8. The number of hydrogen-bond acceptors (Lipinski definition) is 3. The van der Waals surface area contributed by atoms with Crippen LogP contribution >= 0.6 is 0 Å². The Hall–Kier alpha value is -0.390. The van der Waals surface area contributed by atoms with Crippen LogP contribution in [-0.4, -0.2) is 43.6 Å². The second kappa shape index (κ2) is 4.00. The van der Waals surface area contributed by atoms with Gasteiger partial charge in [-0.05, 0) is 13.8 Å². The molecule has 82 valence electrons. The van der Waals surface area contributed by atoms with E-state index in [1.165, 1.54) is 4.31 Å². The van der Waals surface area contributed by atoms with E-state index < -0.39 is 10.0 Å². The zero-order valence-corrected chi connectivity index (χ0v) is 9.60. The first-order chi connectivity index (χ1) is 6.40. The second-order valence-corrected chi connectivity index (χ2v) is 6.14. The highest BCUT2D eigenvalue weighted by Crippen LogP contribution is 2.20. The summed E-state index contributed by atoms with van der Waals surface area (Å²) in [6.45, 7) is 9.03. The molecule has 1 fully saturated rings. The molecule has 1 N–H and O–H groups in total. The average Bonchev–Trinajstić information content (AvgIpc) is 2.15. The van der Waals surface area contributed by atoms with Crippen molar-refractivity contribution in [3.8, 4) is 0 Å². The molecule has 1 saturated heterocycles. The molecule has 0 radical (unpaired) electrons. The summed E-state index contributed by atoms with van der Waals surface area (Å²) >= 11 is 0. The predicted octanol–water partition coefficient (Wildman–Crippen LogP) is 0.186. The van der Waals surface area contributed by atoms with Crippen molar-refractivity contribution in [3.05, 3.63) is 12.7 Å². The molecular formula is C9H18N2O2S. The number of rotatable bonds is 2. The molecule has 5 heteroatoms. The number of nitrogens with zero attached hydrogens (tertiary/aromatic N) is 1. The average molecular weight is 218 g/mol. The molecule has 0 aromatic carbocycles. The molecule has 1 heterocycles. The van der Waals surface area contributed by atoms with E-state index in [1.807, 2.05) is 13.8 Å². The summed E-state index contributed by atoms with van der Waals surface area (Å²) in [6, 6.07) is 0. The summed E-state index contributed by atoms with van der Waals surface area (Å²) in [5, 5.41) is 3.13. The number of sulfonamides is 1. The fourth-order valence-corrected chi connectivity index (χ4v) is 3.42. The maximum absolute atomic E-state index is 11.8. The van der Waals surface area contributed by atoms with Gasteiger partial charge in [0.1, 0.15) is 0 Å². The molecule has 0 bridgehead atoms. The van der Waals surface area contributed by atoms with Gasteiger partial charge in [-0.15, -0.1) is 6.58 Å². The Morgan fingerprint density at radius 3 is 2.79 bits per heavy atom. The molecule has 14 heavy (non-hydrogen) atoms. The topological polar surface area (TPSA) is 49.4 Å². The summed E-state index contributed by atoms with van der Waals surface area (Å²) < 4.78 is 25.2. The van der Waals surface area contributed by atoms with E-state index in [9.17, 15) is 8.42 Å². The molecule has 0 spiro atoms. The Labute approximate surface area is 86.0 Å². The smallest absolute Gasteiger partial charge is 0.216 e. The third-order valence-corrected chi connectivity index (χ3v) is 4.44. The summed E-state index contributed by atoms with van der Waals surface area (Å²) in [6.07, 6.45) is 1.63. The van der Waals surface area contributed by atoms with E-state index in [1.54, 1.807) is 6.08 Å². The van der Waals surface area contributed by atoms with Crippen LogP contribution < -0.4 is 5.32 Å². The van der Waals surface area contributed by atoms with Gasteiger partial charge >= 0.3 is 0 Å². The Kier molecular flexibility index (Phi) is 3.34. The number of hydrogen-bond donors (Lipinski definition) is 1. The highest BCUT2D eigenvalue weighted by Gasteiger charge is 2.36. The van der Waals surface area contributed by atoms with Gasteiger partial charge < -0.3 is 5.32 Å². The largest absolute Gasteiger partial charge is 0.314 e. The fraction of sp³-hybridized carbons (Fsp3) is 0.778. The molecule has 0 unspecified atom stereocenters. The van der Waals surface area contributed by atoms with E-state index >= 15 is 0 Å². The van der Waals surface area contributed by atoms with E-state index in [2.05, 4.69) is 11.9 Å². The first-order valence-corrected chi connectivity index (χ1v) is 6.33. The third kappa shape index (κ3) is 2.34. The molecule has 0 saturated carbocycles. The van der Waals surface area contributed by atoms with Crippen molar-refractivity contribution in [1.82, 2.24) is 9.62 Å². The lowest BCUT2D eigenvalue weighted by atomic mass is 10.1. The molecule has 0 amide bonds. The third-order valence-electron chi connectivity index (χ3n) is 2.40. The fourth-order valence-electron chi connectivity index (χ4n) is 1.65. The van der Waals surface area contributed by atoms with Crippen molar-refractivity contribution in [2.45, 2.75) is 19.4 Å². The molecule has 0 aliphatic carbocycles. The van der Waals surface area contributed by atoms with Gasteiger partial charge in [0.05, 0.1) is 5.75 Å². The van der Waals surface area contributed by atoms with Crippen molar-refractivity contribution in [2.24, 2.45) is 0 Å². The van der Waals surface area contributed by atoms with Crippen LogP contribution in [0.15, 0.2) is 12.7 Å². The van der Waals surface area contributed by atoms with Gasteiger partial charge in [-0.3, -0.25) is 0 Å². The van der Waals surface area contributed by atoms with Crippen LogP contribution in [0.2, 0.25) is 0 Å². The summed E-state index contributed by atoms with van der Waals surface area (Å²) in [5.74, 6) is 0.171. The predicted molar refractivity (Wildman–Crippen MR) is 57.6 cm³/mol. The van der Waals surface area contributed by atoms with Crippen molar-refractivity contribution in [2.75, 3.05) is 25.4 Å². The zero-order valence-electron chi connectivity index (χ0n) is 8.78. The normalized spacial score (nSPS) is 26.7. The van der Waals surface area contributed by atoms with Gasteiger partial charge in [0.25, 0.3) is 0 Å². The molecule has 0 aromatic heterocycles. The molecule has 4 nitrogen and oxygen atoms in total. The SMILES string of the molecule is C=CCN1C(C)(C)CNCCS1(=O)=O. The summed E-state index contributed by atoms with van der Waals surface area (Å²) in [7, 11) is -3.13. The van der Waals surface area contributed by atoms with E-state index in [0.717, 1.165) is 0 Å². The lowest BCUT2D eigenvalue weighted by Crippen LogP contribution is -2.50. The first kappa shape index (κ1) is 11.7. The molecule has 1 rings (SSSR count). The van der Waals surface area contributed by atoms with Gasteiger partial charge in [-0.2, -0.15) is 4.31 Å². The second-order valence-electron chi connectivity index (χ2n) is 4.12. The molecule has 1 aliphatic rings. The van der Waals surface area contributed by atoms with Gasteiger partial charge in [0.2, 0.25) is 10.0 Å². The highest BCUT2D eigenvalue weighted by molar-refractivity contribution is 7.89. The maximum Gasteiger partial charge on any atom is 0.216 e. The van der Waals surface area contributed by atoms with Crippen molar-refractivity contribution >= 4 is 10.0 Å². The van der Waals surface area contributed by atoms with Gasteiger partial charge in [-0.25, -0.2) is 8.42 Å². The molecule has 0 aromatic rings. The molecule has 0 atom stereocenters. The minimum atomic E-state index is -3.13. The summed E-state index contributed by atoms with van der Waals surface area (Å²) in [4.78, 5) is 0. The van der Waals surface area contributed by atoms with Gasteiger partial charge in [-0.1, -0.05) is 6.08 Å². The van der Waals surface area contributed by atoms with Crippen LogP contribution in [-0.2, 0) is 10.0 Å². The van der Waals surface area contributed by atoms with Crippen molar-refractivity contribution in [1.29, 1.82) is 0 Å². The maximum atomic E-state index is 11.8. The van der Waals surface area contributed by atoms with E-state index in [0.29, 0.717) is 19.6 Å². The van der Waals surface area contributed by atoms with Crippen LogP contribution in [0.5, 0.6) is 0 Å². The lowest BCUT2D eigenvalue weighted by molar-refractivity contribution is 0.247. The Morgan fingerprint density at radius 2 is 2.21 bits per heavy atom. The Balaban J connectivity index is 3.03. The minimum Gasteiger partial charge on any atom is -0.314 e. The summed E-state index contributed by atoms with van der Waals surface area (Å²) in [5.41, 5.74) is -0.372.